The lowest BCUT2D eigenvalue weighted by atomic mass is 10.1. The number of hydrogen-bond acceptors (Lipinski definition) is 2. The van der Waals surface area contributed by atoms with Gasteiger partial charge in [0.1, 0.15) is 0 Å². The predicted octanol–water partition coefficient (Wildman–Crippen LogP) is 4.71. The maximum absolute atomic E-state index is 5.90. The molecule has 108 valence electrons. The van der Waals surface area contributed by atoms with Gasteiger partial charge in [0.05, 0.1) is 5.69 Å². The molecular weight excluding hydrogens is 280 g/mol. The van der Waals surface area contributed by atoms with Crippen LogP contribution in [0.5, 0.6) is 0 Å². The fraction of sp³-hybridized carbons (Fsp3) is 0.278. The minimum Gasteiger partial charge on any atom is -0.298 e. The van der Waals surface area contributed by atoms with Crippen LogP contribution in [0.15, 0.2) is 59.6 Å². The van der Waals surface area contributed by atoms with Crippen LogP contribution >= 0.6 is 11.6 Å². The van der Waals surface area contributed by atoms with Gasteiger partial charge in [-0.05, 0) is 42.7 Å². The van der Waals surface area contributed by atoms with Crippen molar-refractivity contribution < 1.29 is 0 Å². The first-order valence-electron chi connectivity index (χ1n) is 7.38. The van der Waals surface area contributed by atoms with E-state index in [1.165, 1.54) is 11.3 Å². The van der Waals surface area contributed by atoms with E-state index in [9.17, 15) is 0 Å². The van der Waals surface area contributed by atoms with Crippen molar-refractivity contribution in [2.24, 2.45) is 4.99 Å². The van der Waals surface area contributed by atoms with E-state index in [4.69, 9.17) is 16.6 Å². The molecule has 0 spiro atoms. The van der Waals surface area contributed by atoms with E-state index in [1.807, 2.05) is 24.3 Å². The number of piperidine rings is 1. The summed E-state index contributed by atoms with van der Waals surface area (Å²) in [4.78, 5) is 7.23. The zero-order valence-corrected chi connectivity index (χ0v) is 12.8. The van der Waals surface area contributed by atoms with Crippen LogP contribution in [0, 0.1) is 0 Å². The monoisotopic (exact) mass is 298 g/mol. The molecule has 3 rings (SSSR count). The molecule has 2 nitrogen and oxygen atoms in total. The Morgan fingerprint density at radius 3 is 2.24 bits per heavy atom. The highest BCUT2D eigenvalue weighted by atomic mass is 35.5. The quantitative estimate of drug-likeness (QED) is 0.801. The second kappa shape index (κ2) is 6.88. The normalized spacial score (nSPS) is 16.0. The fourth-order valence-corrected chi connectivity index (χ4v) is 2.75. The van der Waals surface area contributed by atoms with Crippen molar-refractivity contribution >= 4 is 23.0 Å². The van der Waals surface area contributed by atoms with Gasteiger partial charge in [-0.25, -0.2) is 0 Å². The van der Waals surface area contributed by atoms with Gasteiger partial charge < -0.3 is 0 Å². The molecule has 0 bridgehead atoms. The summed E-state index contributed by atoms with van der Waals surface area (Å²) in [6, 6.07) is 18.4. The Morgan fingerprint density at radius 2 is 1.57 bits per heavy atom. The van der Waals surface area contributed by atoms with Crippen LogP contribution in [0.1, 0.15) is 18.4 Å². The van der Waals surface area contributed by atoms with E-state index in [0.717, 1.165) is 43.2 Å². The molecular formula is C18H19ClN2. The molecule has 21 heavy (non-hydrogen) atoms. The summed E-state index contributed by atoms with van der Waals surface area (Å²) in [7, 11) is 0. The highest BCUT2D eigenvalue weighted by Crippen LogP contribution is 2.19. The van der Waals surface area contributed by atoms with E-state index in [-0.39, 0.29) is 0 Å². The van der Waals surface area contributed by atoms with Crippen molar-refractivity contribution in [3.63, 3.8) is 0 Å². The lowest BCUT2D eigenvalue weighted by Crippen LogP contribution is -2.33. The van der Waals surface area contributed by atoms with Crippen LogP contribution in [0.4, 0.5) is 5.69 Å². The molecule has 2 aromatic rings. The zero-order chi connectivity index (χ0) is 14.5. The number of hydrogen-bond donors (Lipinski definition) is 0. The van der Waals surface area contributed by atoms with Crippen LogP contribution < -0.4 is 0 Å². The zero-order valence-electron chi connectivity index (χ0n) is 12.0. The van der Waals surface area contributed by atoms with Gasteiger partial charge in [0.2, 0.25) is 0 Å². The molecule has 1 fully saturated rings. The largest absolute Gasteiger partial charge is 0.298 e. The molecule has 3 heteroatoms. The van der Waals surface area contributed by atoms with Crippen molar-refractivity contribution in [2.75, 3.05) is 13.1 Å². The van der Waals surface area contributed by atoms with Crippen LogP contribution in [0.25, 0.3) is 0 Å². The highest BCUT2D eigenvalue weighted by molar-refractivity contribution is 6.30. The van der Waals surface area contributed by atoms with Crippen molar-refractivity contribution in [1.29, 1.82) is 0 Å². The lowest BCUT2D eigenvalue weighted by Gasteiger charge is -2.27. The van der Waals surface area contributed by atoms with Crippen LogP contribution in [0.2, 0.25) is 5.02 Å². The summed E-state index contributed by atoms with van der Waals surface area (Å²) in [5.41, 5.74) is 3.68. The van der Waals surface area contributed by atoms with Gasteiger partial charge >= 0.3 is 0 Å². The molecule has 0 saturated carbocycles. The topological polar surface area (TPSA) is 15.6 Å². The minimum absolute atomic E-state index is 0.761. The summed E-state index contributed by atoms with van der Waals surface area (Å²) >= 11 is 5.90. The van der Waals surface area contributed by atoms with Gasteiger partial charge in [-0.3, -0.25) is 9.89 Å². The molecule has 1 aliphatic rings. The summed E-state index contributed by atoms with van der Waals surface area (Å²) in [6.07, 6.45) is 2.10. The number of halogens is 1. The number of benzene rings is 2. The Bertz CT molecular complexity index is 595. The lowest BCUT2D eigenvalue weighted by molar-refractivity contribution is 0.266. The molecule has 0 unspecified atom stereocenters. The van der Waals surface area contributed by atoms with E-state index < -0.39 is 0 Å². The molecule has 0 N–H and O–H groups in total. The SMILES string of the molecule is Clc1ccc(N=C2CCN(Cc3ccccc3)CC2)cc1. The van der Waals surface area contributed by atoms with E-state index >= 15 is 0 Å². The van der Waals surface area contributed by atoms with Gasteiger partial charge in [-0.1, -0.05) is 41.9 Å². The van der Waals surface area contributed by atoms with E-state index in [0.29, 0.717) is 0 Å². The van der Waals surface area contributed by atoms with Crippen molar-refractivity contribution in [3.8, 4) is 0 Å². The standard InChI is InChI=1S/C18H19ClN2/c19-16-6-8-17(9-7-16)20-18-10-12-21(13-11-18)14-15-4-2-1-3-5-15/h1-9H,10-14H2. The number of aliphatic imine (C=N–C) groups is 1. The van der Waals surface area contributed by atoms with Gasteiger partial charge in [-0.15, -0.1) is 0 Å². The van der Waals surface area contributed by atoms with Crippen molar-refractivity contribution in [3.05, 3.63) is 65.2 Å². The molecule has 1 aliphatic heterocycles. The molecule has 0 aliphatic carbocycles. The first-order valence-corrected chi connectivity index (χ1v) is 7.76. The molecule has 2 aromatic carbocycles. The maximum Gasteiger partial charge on any atom is 0.0630 e. The summed E-state index contributed by atoms with van der Waals surface area (Å²) in [6.45, 7) is 3.21. The number of nitrogens with zero attached hydrogens (tertiary/aromatic N) is 2. The smallest absolute Gasteiger partial charge is 0.0630 e. The Morgan fingerprint density at radius 1 is 0.905 bits per heavy atom. The minimum atomic E-state index is 0.761. The van der Waals surface area contributed by atoms with E-state index in [2.05, 4.69) is 35.2 Å². The maximum atomic E-state index is 5.90. The first kappa shape index (κ1) is 14.3. The van der Waals surface area contributed by atoms with Crippen molar-refractivity contribution in [2.45, 2.75) is 19.4 Å². The number of likely N-dealkylation sites (tertiary alicyclic amines) is 1. The third-order valence-corrected chi connectivity index (χ3v) is 4.05. The fourth-order valence-electron chi connectivity index (χ4n) is 2.62. The Balaban J connectivity index is 1.56. The Kier molecular flexibility index (Phi) is 4.69. The Labute approximate surface area is 131 Å². The molecule has 0 amide bonds. The van der Waals surface area contributed by atoms with Gasteiger partial charge in [0.15, 0.2) is 0 Å². The summed E-state index contributed by atoms with van der Waals surface area (Å²) < 4.78 is 0. The second-order valence-corrected chi connectivity index (χ2v) is 5.85. The second-order valence-electron chi connectivity index (χ2n) is 5.42. The molecule has 0 aromatic heterocycles. The molecule has 0 radical (unpaired) electrons. The van der Waals surface area contributed by atoms with Gasteiger partial charge in [-0.2, -0.15) is 0 Å². The third-order valence-electron chi connectivity index (χ3n) is 3.80. The first-order chi connectivity index (χ1) is 10.3. The average Bonchev–Trinajstić information content (AvgIpc) is 2.53. The molecule has 1 saturated heterocycles. The van der Waals surface area contributed by atoms with Crippen LogP contribution in [-0.2, 0) is 6.54 Å². The Hall–Kier alpha value is -1.64. The third kappa shape index (κ3) is 4.16. The van der Waals surface area contributed by atoms with Crippen molar-refractivity contribution in [1.82, 2.24) is 4.90 Å². The van der Waals surface area contributed by atoms with E-state index in [1.54, 1.807) is 0 Å². The van der Waals surface area contributed by atoms with Crippen LogP contribution in [0.3, 0.4) is 0 Å². The number of rotatable bonds is 3. The molecule has 1 heterocycles. The predicted molar refractivity (Wildman–Crippen MR) is 89.5 cm³/mol. The average molecular weight is 299 g/mol. The van der Waals surface area contributed by atoms with Gasteiger partial charge in [0, 0.05) is 30.4 Å². The van der Waals surface area contributed by atoms with Crippen LogP contribution in [-0.4, -0.2) is 23.7 Å². The summed E-state index contributed by atoms with van der Waals surface area (Å²) in [5.74, 6) is 0. The molecule has 0 atom stereocenters. The van der Waals surface area contributed by atoms with Gasteiger partial charge in [0.25, 0.3) is 0 Å². The highest BCUT2D eigenvalue weighted by Gasteiger charge is 2.15. The summed E-state index contributed by atoms with van der Waals surface area (Å²) in [5, 5.41) is 0.761.